The predicted molar refractivity (Wildman–Crippen MR) is 80.8 cm³/mol. The molecule has 19 heavy (non-hydrogen) atoms. The Bertz CT molecular complexity index is 499. The van der Waals surface area contributed by atoms with Crippen molar-refractivity contribution < 1.29 is 14.6 Å². The maximum Gasteiger partial charge on any atom is 0.348 e. The first-order chi connectivity index (χ1) is 8.96. The lowest BCUT2D eigenvalue weighted by Gasteiger charge is -2.28. The highest BCUT2D eigenvalue weighted by atomic mass is 32.2. The molecule has 1 aliphatic carbocycles. The average molecular weight is 298 g/mol. The first-order valence-corrected chi connectivity index (χ1v) is 8.19. The van der Waals surface area contributed by atoms with E-state index in [1.54, 1.807) is 17.8 Å². The quantitative estimate of drug-likeness (QED) is 0.848. The van der Waals surface area contributed by atoms with Crippen molar-refractivity contribution in [1.29, 1.82) is 0 Å². The highest BCUT2D eigenvalue weighted by molar-refractivity contribution is 8.00. The first-order valence-electron chi connectivity index (χ1n) is 6.08. The molecule has 1 unspecified atom stereocenters. The number of aliphatic hydroxyl groups is 1. The Balaban J connectivity index is 2.19. The van der Waals surface area contributed by atoms with Gasteiger partial charge in [0.15, 0.2) is 0 Å². The highest BCUT2D eigenvalue weighted by Crippen LogP contribution is 2.55. The Morgan fingerprint density at radius 1 is 1.63 bits per heavy atom. The van der Waals surface area contributed by atoms with Crippen molar-refractivity contribution in [3.63, 3.8) is 0 Å². The predicted octanol–water partition coefficient (Wildman–Crippen LogP) is 3.19. The van der Waals surface area contributed by atoms with Crippen molar-refractivity contribution >= 4 is 35.1 Å². The molecule has 1 heterocycles. The van der Waals surface area contributed by atoms with Crippen LogP contribution in [0.1, 0.15) is 35.0 Å². The van der Waals surface area contributed by atoms with Crippen LogP contribution in [0.2, 0.25) is 0 Å². The van der Waals surface area contributed by atoms with E-state index in [2.05, 4.69) is 0 Å². The average Bonchev–Trinajstić information content (AvgIpc) is 3.08. The normalized spacial score (nSPS) is 20.2. The summed E-state index contributed by atoms with van der Waals surface area (Å²) in [5, 5.41) is 12.4. The van der Waals surface area contributed by atoms with Gasteiger partial charge in [-0.05, 0) is 43.0 Å². The summed E-state index contributed by atoms with van der Waals surface area (Å²) < 4.78 is 4.67. The van der Waals surface area contributed by atoms with Gasteiger partial charge in [0.25, 0.3) is 0 Å². The highest BCUT2D eigenvalue weighted by Gasteiger charge is 2.54. The zero-order valence-electron chi connectivity index (χ0n) is 11.3. The number of thioether (sulfide) groups is 1. The van der Waals surface area contributed by atoms with Crippen LogP contribution < -0.4 is 0 Å². The van der Waals surface area contributed by atoms with Crippen LogP contribution in [0, 0.1) is 0 Å². The van der Waals surface area contributed by atoms with E-state index >= 15 is 0 Å². The Morgan fingerprint density at radius 2 is 2.32 bits per heavy atom. The fourth-order valence-corrected chi connectivity index (χ4v) is 3.94. The number of rotatable bonds is 5. The van der Waals surface area contributed by atoms with Crippen LogP contribution in [0.4, 0.5) is 0 Å². The van der Waals surface area contributed by atoms with Crippen LogP contribution in [-0.4, -0.2) is 34.8 Å². The molecule has 0 saturated heterocycles. The van der Waals surface area contributed by atoms with Crippen LogP contribution >= 0.6 is 23.1 Å². The van der Waals surface area contributed by atoms with Gasteiger partial charge in [-0.1, -0.05) is 12.2 Å². The summed E-state index contributed by atoms with van der Waals surface area (Å²) in [5.74, 6) is -0.333. The summed E-state index contributed by atoms with van der Waals surface area (Å²) in [5.41, 5.74) is -0.0594. The lowest BCUT2D eigenvalue weighted by atomic mass is 9.98. The molecule has 0 aliphatic heterocycles. The number of ether oxygens (including phenoxy) is 1. The minimum absolute atomic E-state index is 0.0645. The van der Waals surface area contributed by atoms with Gasteiger partial charge in [-0.3, -0.25) is 0 Å². The van der Waals surface area contributed by atoms with Crippen molar-refractivity contribution in [2.45, 2.75) is 30.1 Å². The summed E-state index contributed by atoms with van der Waals surface area (Å²) in [7, 11) is 1.37. The molecule has 1 aliphatic rings. The summed E-state index contributed by atoms with van der Waals surface area (Å²) in [6, 6.07) is 1.86. The van der Waals surface area contributed by atoms with Gasteiger partial charge in [-0.2, -0.15) is 11.8 Å². The molecule has 3 nitrogen and oxygen atoms in total. The van der Waals surface area contributed by atoms with E-state index in [1.165, 1.54) is 18.4 Å². The second-order valence-electron chi connectivity index (χ2n) is 4.88. The summed E-state index contributed by atoms with van der Waals surface area (Å²) in [4.78, 5) is 12.1. The van der Waals surface area contributed by atoms with E-state index in [1.807, 2.05) is 30.7 Å². The molecule has 0 radical (unpaired) electrons. The van der Waals surface area contributed by atoms with Crippen molar-refractivity contribution in [2.75, 3.05) is 13.4 Å². The molecule has 0 bridgehead atoms. The monoisotopic (exact) mass is 298 g/mol. The van der Waals surface area contributed by atoms with E-state index in [9.17, 15) is 9.90 Å². The maximum absolute atomic E-state index is 11.6. The summed E-state index contributed by atoms with van der Waals surface area (Å²) >= 11 is 3.06. The Labute approximate surface area is 121 Å². The molecule has 0 spiro atoms. The van der Waals surface area contributed by atoms with Gasteiger partial charge in [-0.15, -0.1) is 11.3 Å². The zero-order chi connectivity index (χ0) is 14.1. The van der Waals surface area contributed by atoms with Crippen molar-refractivity contribution in [3.05, 3.63) is 28.0 Å². The molecule has 1 saturated carbocycles. The third-order valence-corrected chi connectivity index (χ3v) is 6.18. The fourth-order valence-electron chi connectivity index (χ4n) is 2.14. The van der Waals surface area contributed by atoms with Gasteiger partial charge in [0, 0.05) is 4.75 Å². The van der Waals surface area contributed by atoms with Gasteiger partial charge in [0.05, 0.1) is 12.7 Å². The molecule has 0 aromatic carbocycles. The summed E-state index contributed by atoms with van der Waals surface area (Å²) in [6.07, 6.45) is 7.70. The molecule has 1 aromatic heterocycles. The van der Waals surface area contributed by atoms with Gasteiger partial charge in [0.2, 0.25) is 0 Å². The molecule has 1 fully saturated rings. The van der Waals surface area contributed by atoms with E-state index in [0.717, 1.165) is 18.4 Å². The van der Waals surface area contributed by atoms with Gasteiger partial charge >= 0.3 is 5.97 Å². The van der Waals surface area contributed by atoms with Crippen molar-refractivity contribution in [2.24, 2.45) is 0 Å². The van der Waals surface area contributed by atoms with Gasteiger partial charge < -0.3 is 9.84 Å². The first kappa shape index (κ1) is 14.6. The number of thiophene rings is 1. The second kappa shape index (κ2) is 5.31. The molecule has 1 aromatic rings. The van der Waals surface area contributed by atoms with Crippen LogP contribution in [-0.2, 0) is 4.74 Å². The molecular weight excluding hydrogens is 280 g/mol. The largest absolute Gasteiger partial charge is 0.465 e. The fraction of sp³-hybridized carbons (Fsp3) is 0.500. The molecule has 5 heteroatoms. The lowest BCUT2D eigenvalue weighted by Crippen LogP contribution is -2.36. The Kier molecular flexibility index (Phi) is 4.08. The maximum atomic E-state index is 11.6. The Morgan fingerprint density at radius 3 is 2.84 bits per heavy atom. The number of esters is 1. The minimum Gasteiger partial charge on any atom is -0.465 e. The van der Waals surface area contributed by atoms with Crippen molar-refractivity contribution in [3.8, 4) is 0 Å². The second-order valence-corrected chi connectivity index (χ2v) is 6.98. The lowest BCUT2D eigenvalue weighted by molar-refractivity contribution is 0.0606. The smallest absolute Gasteiger partial charge is 0.348 e. The standard InChI is InChI=1S/C14H18O3S2/c1-13(16,14(18-3)7-8-14)6-4-10-5-9-19-11(10)12(15)17-2/h4-6,9,16H,7-8H2,1-3H3/b6-4+. The molecule has 2 rings (SSSR count). The van der Waals surface area contributed by atoms with Crippen LogP contribution in [0.15, 0.2) is 17.5 Å². The van der Waals surface area contributed by atoms with Crippen molar-refractivity contribution in [1.82, 2.24) is 0 Å². The molecule has 1 N–H and O–H groups in total. The van der Waals surface area contributed by atoms with Gasteiger partial charge in [-0.25, -0.2) is 4.79 Å². The van der Waals surface area contributed by atoms with Crippen LogP contribution in [0.25, 0.3) is 6.08 Å². The zero-order valence-corrected chi connectivity index (χ0v) is 12.9. The van der Waals surface area contributed by atoms with E-state index in [-0.39, 0.29) is 10.7 Å². The van der Waals surface area contributed by atoms with Gasteiger partial charge in [0.1, 0.15) is 4.88 Å². The van der Waals surface area contributed by atoms with E-state index < -0.39 is 5.60 Å². The van der Waals surface area contributed by atoms with Crippen LogP contribution in [0.5, 0.6) is 0 Å². The SMILES string of the molecule is COC(=O)c1sccc1/C=C/C(C)(O)C1(SC)CC1. The van der Waals surface area contributed by atoms with E-state index in [4.69, 9.17) is 4.74 Å². The Hall–Kier alpha value is -0.780. The molecule has 1 atom stereocenters. The number of methoxy groups -OCH3 is 1. The minimum atomic E-state index is -0.859. The summed E-state index contributed by atoms with van der Waals surface area (Å²) in [6.45, 7) is 1.83. The third-order valence-electron chi connectivity index (χ3n) is 3.67. The number of carbonyl (C=O) groups is 1. The van der Waals surface area contributed by atoms with E-state index in [0.29, 0.717) is 4.88 Å². The number of hydrogen-bond acceptors (Lipinski definition) is 5. The molecular formula is C14H18O3S2. The number of hydrogen-bond donors (Lipinski definition) is 1. The molecule has 104 valence electrons. The topological polar surface area (TPSA) is 46.5 Å². The van der Waals surface area contributed by atoms with Crippen LogP contribution in [0.3, 0.4) is 0 Å². The number of carbonyl (C=O) groups excluding carboxylic acids is 1. The third kappa shape index (κ3) is 2.73. The molecule has 0 amide bonds.